The molecule has 1 aliphatic carbocycles. The molecule has 0 bridgehead atoms. The molecular formula is C20H30N2O3. The van der Waals surface area contributed by atoms with Crippen molar-refractivity contribution >= 4 is 5.91 Å². The molecule has 1 N–H and O–H groups in total. The first-order valence-electron chi connectivity index (χ1n) is 9.62. The van der Waals surface area contributed by atoms with Crippen molar-refractivity contribution in [3.63, 3.8) is 0 Å². The highest BCUT2D eigenvalue weighted by Gasteiger charge is 2.19. The Morgan fingerprint density at radius 3 is 2.88 bits per heavy atom. The van der Waals surface area contributed by atoms with Crippen LogP contribution in [0.2, 0.25) is 0 Å². The molecule has 1 aliphatic heterocycles. The minimum atomic E-state index is -0.414. The van der Waals surface area contributed by atoms with E-state index in [-0.39, 0.29) is 5.91 Å². The lowest BCUT2D eigenvalue weighted by Crippen LogP contribution is -2.41. The van der Waals surface area contributed by atoms with E-state index in [1.165, 1.54) is 17.5 Å². The number of carbonyl (C=O) groups excluding carboxylic acids is 1. The van der Waals surface area contributed by atoms with E-state index >= 15 is 0 Å². The van der Waals surface area contributed by atoms with Crippen molar-refractivity contribution in [1.82, 2.24) is 10.2 Å². The third-order valence-electron chi connectivity index (χ3n) is 5.07. The normalized spacial score (nSPS) is 18.6. The number of fused-ring (bicyclic) bond motifs is 1. The van der Waals surface area contributed by atoms with E-state index in [1.54, 1.807) is 0 Å². The molecule has 1 aromatic carbocycles. The Morgan fingerprint density at radius 1 is 1.28 bits per heavy atom. The minimum Gasteiger partial charge on any atom is -0.481 e. The summed E-state index contributed by atoms with van der Waals surface area (Å²) in [7, 11) is 0. The Morgan fingerprint density at radius 2 is 2.08 bits per heavy atom. The van der Waals surface area contributed by atoms with Crippen LogP contribution >= 0.6 is 0 Å². The SMILES string of the molecule is CC[C@H](Oc1ccc2c(c1)CCC2)C(=O)NCCCN1CCOCC1. The molecule has 1 fully saturated rings. The van der Waals surface area contributed by atoms with Crippen LogP contribution in [-0.4, -0.2) is 56.3 Å². The van der Waals surface area contributed by atoms with Gasteiger partial charge >= 0.3 is 0 Å². The van der Waals surface area contributed by atoms with Crippen LogP contribution in [0.3, 0.4) is 0 Å². The van der Waals surface area contributed by atoms with Crippen LogP contribution in [0.4, 0.5) is 0 Å². The fraction of sp³-hybridized carbons (Fsp3) is 0.650. The molecule has 0 spiro atoms. The monoisotopic (exact) mass is 346 g/mol. The van der Waals surface area contributed by atoms with Crippen molar-refractivity contribution in [2.75, 3.05) is 39.4 Å². The number of morpholine rings is 1. The molecule has 2 aliphatic rings. The highest BCUT2D eigenvalue weighted by atomic mass is 16.5. The first kappa shape index (κ1) is 18.2. The minimum absolute atomic E-state index is 0.00928. The summed E-state index contributed by atoms with van der Waals surface area (Å²) in [5.74, 6) is 0.806. The van der Waals surface area contributed by atoms with Crippen molar-refractivity contribution in [2.45, 2.75) is 45.1 Å². The molecule has 3 rings (SSSR count). The van der Waals surface area contributed by atoms with Gasteiger partial charge in [-0.3, -0.25) is 9.69 Å². The van der Waals surface area contributed by atoms with Gasteiger partial charge in [-0.25, -0.2) is 0 Å². The van der Waals surface area contributed by atoms with Gasteiger partial charge in [-0.2, -0.15) is 0 Å². The highest BCUT2D eigenvalue weighted by molar-refractivity contribution is 5.81. The highest BCUT2D eigenvalue weighted by Crippen LogP contribution is 2.26. The molecule has 5 heteroatoms. The fourth-order valence-electron chi connectivity index (χ4n) is 3.56. The van der Waals surface area contributed by atoms with E-state index in [9.17, 15) is 4.79 Å². The summed E-state index contributed by atoms with van der Waals surface area (Å²) in [5, 5.41) is 3.02. The third-order valence-corrected chi connectivity index (χ3v) is 5.07. The second-order valence-corrected chi connectivity index (χ2v) is 6.90. The molecule has 1 aromatic rings. The topological polar surface area (TPSA) is 50.8 Å². The van der Waals surface area contributed by atoms with E-state index in [0.717, 1.165) is 57.9 Å². The number of benzene rings is 1. The molecule has 0 unspecified atom stereocenters. The van der Waals surface area contributed by atoms with Crippen LogP contribution in [0.5, 0.6) is 5.75 Å². The zero-order chi connectivity index (χ0) is 17.5. The quantitative estimate of drug-likeness (QED) is 0.733. The van der Waals surface area contributed by atoms with E-state index < -0.39 is 6.10 Å². The van der Waals surface area contributed by atoms with Crippen molar-refractivity contribution in [2.24, 2.45) is 0 Å². The van der Waals surface area contributed by atoms with Crippen LogP contribution in [0.1, 0.15) is 37.3 Å². The molecule has 1 amide bonds. The maximum atomic E-state index is 12.4. The second kappa shape index (κ2) is 9.20. The van der Waals surface area contributed by atoms with E-state index in [2.05, 4.69) is 22.3 Å². The Hall–Kier alpha value is -1.59. The van der Waals surface area contributed by atoms with Crippen LogP contribution in [0.25, 0.3) is 0 Å². The van der Waals surface area contributed by atoms with E-state index in [1.807, 2.05) is 13.0 Å². The Kier molecular flexibility index (Phi) is 6.70. The number of aryl methyl sites for hydroxylation is 2. The fourth-order valence-corrected chi connectivity index (χ4v) is 3.56. The molecule has 25 heavy (non-hydrogen) atoms. The number of carbonyl (C=O) groups is 1. The lowest BCUT2D eigenvalue weighted by Gasteiger charge is -2.26. The average molecular weight is 346 g/mol. The first-order valence-corrected chi connectivity index (χ1v) is 9.62. The molecular weight excluding hydrogens is 316 g/mol. The zero-order valence-electron chi connectivity index (χ0n) is 15.3. The largest absolute Gasteiger partial charge is 0.481 e. The van der Waals surface area contributed by atoms with Crippen molar-refractivity contribution in [1.29, 1.82) is 0 Å². The van der Waals surface area contributed by atoms with Gasteiger partial charge in [0.2, 0.25) is 0 Å². The predicted molar refractivity (Wildman–Crippen MR) is 98.1 cm³/mol. The van der Waals surface area contributed by atoms with Gasteiger partial charge in [0.15, 0.2) is 6.10 Å². The van der Waals surface area contributed by atoms with E-state index in [4.69, 9.17) is 9.47 Å². The summed E-state index contributed by atoms with van der Waals surface area (Å²) in [5.41, 5.74) is 2.80. The predicted octanol–water partition coefficient (Wildman–Crippen LogP) is 2.17. The number of hydrogen-bond donors (Lipinski definition) is 1. The molecule has 5 nitrogen and oxygen atoms in total. The summed E-state index contributed by atoms with van der Waals surface area (Å²) < 4.78 is 11.3. The summed E-state index contributed by atoms with van der Waals surface area (Å²) in [6.45, 7) is 7.31. The van der Waals surface area contributed by atoms with Crippen LogP contribution in [-0.2, 0) is 22.4 Å². The molecule has 0 aromatic heterocycles. The number of nitrogens with zero attached hydrogens (tertiary/aromatic N) is 1. The van der Waals surface area contributed by atoms with Gasteiger partial charge in [0.05, 0.1) is 13.2 Å². The Labute approximate surface area is 150 Å². The summed E-state index contributed by atoms with van der Waals surface area (Å²) in [6.07, 6.45) is 4.73. The summed E-state index contributed by atoms with van der Waals surface area (Å²) in [4.78, 5) is 14.8. The van der Waals surface area contributed by atoms with Gasteiger partial charge < -0.3 is 14.8 Å². The van der Waals surface area contributed by atoms with Crippen molar-refractivity contribution in [3.8, 4) is 5.75 Å². The van der Waals surface area contributed by atoms with Gasteiger partial charge in [-0.1, -0.05) is 13.0 Å². The maximum Gasteiger partial charge on any atom is 0.261 e. The van der Waals surface area contributed by atoms with Gasteiger partial charge in [0.25, 0.3) is 5.91 Å². The van der Waals surface area contributed by atoms with Gasteiger partial charge in [-0.15, -0.1) is 0 Å². The van der Waals surface area contributed by atoms with E-state index in [0.29, 0.717) is 13.0 Å². The smallest absolute Gasteiger partial charge is 0.261 e. The van der Waals surface area contributed by atoms with Gasteiger partial charge in [0.1, 0.15) is 5.75 Å². The number of rotatable bonds is 8. The second-order valence-electron chi connectivity index (χ2n) is 6.90. The Bertz CT molecular complexity index is 570. The number of amides is 1. The lowest BCUT2D eigenvalue weighted by atomic mass is 10.1. The lowest BCUT2D eigenvalue weighted by molar-refractivity contribution is -0.128. The van der Waals surface area contributed by atoms with Gasteiger partial charge in [0, 0.05) is 19.6 Å². The molecule has 0 saturated carbocycles. The molecule has 0 radical (unpaired) electrons. The number of nitrogens with one attached hydrogen (secondary N) is 1. The molecule has 1 atom stereocenters. The average Bonchev–Trinajstić information content (AvgIpc) is 3.11. The van der Waals surface area contributed by atoms with Crippen molar-refractivity contribution in [3.05, 3.63) is 29.3 Å². The summed E-state index contributed by atoms with van der Waals surface area (Å²) in [6, 6.07) is 6.25. The standard InChI is InChI=1S/C20H30N2O3/c1-2-19(25-18-8-7-16-5-3-6-17(16)15-18)20(23)21-9-4-10-22-11-13-24-14-12-22/h7-8,15,19H,2-6,9-14H2,1H3,(H,21,23)/t19-/m0/s1. The number of hydrogen-bond acceptors (Lipinski definition) is 4. The molecule has 1 saturated heterocycles. The zero-order valence-corrected chi connectivity index (χ0v) is 15.3. The maximum absolute atomic E-state index is 12.4. The van der Waals surface area contributed by atoms with Crippen LogP contribution < -0.4 is 10.1 Å². The summed E-state index contributed by atoms with van der Waals surface area (Å²) >= 11 is 0. The first-order chi connectivity index (χ1) is 12.3. The molecule has 138 valence electrons. The van der Waals surface area contributed by atoms with Crippen LogP contribution in [0.15, 0.2) is 18.2 Å². The van der Waals surface area contributed by atoms with Crippen LogP contribution in [0, 0.1) is 0 Å². The van der Waals surface area contributed by atoms with Gasteiger partial charge in [-0.05, 0) is 61.9 Å². The number of ether oxygens (including phenoxy) is 2. The van der Waals surface area contributed by atoms with Crippen molar-refractivity contribution < 1.29 is 14.3 Å². The third kappa shape index (κ3) is 5.19. The Balaban J connectivity index is 1.41. The molecule has 1 heterocycles.